The van der Waals surface area contributed by atoms with Gasteiger partial charge in [0.05, 0.1) is 16.6 Å². The van der Waals surface area contributed by atoms with Crippen molar-refractivity contribution in [3.63, 3.8) is 0 Å². The van der Waals surface area contributed by atoms with E-state index in [0.29, 0.717) is 36.9 Å². The molecule has 1 aliphatic rings. The maximum atomic E-state index is 13.1. The maximum absolute atomic E-state index is 13.1. The van der Waals surface area contributed by atoms with E-state index in [1.54, 1.807) is 18.2 Å². The lowest BCUT2D eigenvalue weighted by molar-refractivity contribution is 0.163. The molecule has 0 N–H and O–H groups in total. The molecule has 2 aromatic carbocycles. The van der Waals surface area contributed by atoms with Gasteiger partial charge in [0.1, 0.15) is 10.7 Å². The summed E-state index contributed by atoms with van der Waals surface area (Å²) in [6.45, 7) is 1.91. The highest BCUT2D eigenvalue weighted by atomic mass is 35.5. The Morgan fingerprint density at radius 3 is 2.27 bits per heavy atom. The summed E-state index contributed by atoms with van der Waals surface area (Å²) in [6, 6.07) is 10.4. The van der Waals surface area contributed by atoms with Gasteiger partial charge in [0, 0.05) is 31.7 Å². The Hall–Kier alpha value is -2.04. The van der Waals surface area contributed by atoms with Crippen molar-refractivity contribution in [2.24, 2.45) is 0 Å². The zero-order valence-corrected chi connectivity index (χ0v) is 18.0. The molecule has 7 nitrogen and oxygen atoms in total. The Morgan fingerprint density at radius 2 is 1.63 bits per heavy atom. The Morgan fingerprint density at radius 1 is 1.00 bits per heavy atom. The first kappa shape index (κ1) is 21.2. The van der Waals surface area contributed by atoms with E-state index >= 15 is 0 Å². The summed E-state index contributed by atoms with van der Waals surface area (Å²) in [5, 5.41) is 4.13. The van der Waals surface area contributed by atoms with E-state index in [0.717, 1.165) is 0 Å². The fraction of sp³-hybridized carbons (Fsp3) is 0.263. The monoisotopic (exact) mass is 470 g/mol. The minimum Gasteiger partial charge on any atom is -0.338 e. The molecule has 1 aromatic heterocycles. The van der Waals surface area contributed by atoms with Crippen molar-refractivity contribution in [3.8, 4) is 11.4 Å². The summed E-state index contributed by atoms with van der Waals surface area (Å²) >= 11 is 12.2. The molecule has 0 radical (unpaired) electrons. The third-order valence-corrected chi connectivity index (χ3v) is 7.63. The van der Waals surface area contributed by atoms with Crippen LogP contribution in [0.5, 0.6) is 0 Å². The Labute approximate surface area is 183 Å². The van der Waals surface area contributed by atoms with E-state index in [1.165, 1.54) is 28.6 Å². The molecule has 0 saturated carbocycles. The molecule has 4 rings (SSSR count). The van der Waals surface area contributed by atoms with Crippen molar-refractivity contribution in [2.45, 2.75) is 11.4 Å². The normalized spacial score (nSPS) is 16.1. The third kappa shape index (κ3) is 4.35. The average Bonchev–Trinajstić information content (AvgIpc) is 3.17. The van der Waals surface area contributed by atoms with Gasteiger partial charge in [-0.05, 0) is 36.4 Å². The summed E-state index contributed by atoms with van der Waals surface area (Å²) in [6.07, 6.45) is 0. The number of halogens is 3. The topological polar surface area (TPSA) is 79.5 Å². The second kappa shape index (κ2) is 8.60. The number of hydrogen-bond acceptors (Lipinski definition) is 6. The van der Waals surface area contributed by atoms with Crippen molar-refractivity contribution in [1.29, 1.82) is 0 Å². The summed E-state index contributed by atoms with van der Waals surface area (Å²) < 4.78 is 45.6. The van der Waals surface area contributed by atoms with E-state index in [4.69, 9.17) is 27.7 Å². The van der Waals surface area contributed by atoms with Gasteiger partial charge in [-0.15, -0.1) is 0 Å². The fourth-order valence-electron chi connectivity index (χ4n) is 3.21. The molecular formula is C19H17Cl2FN4O3S. The van der Waals surface area contributed by atoms with Gasteiger partial charge in [-0.3, -0.25) is 4.90 Å². The van der Waals surface area contributed by atoms with Gasteiger partial charge in [0.15, 0.2) is 0 Å². The van der Waals surface area contributed by atoms with Crippen molar-refractivity contribution in [1.82, 2.24) is 19.3 Å². The number of rotatable bonds is 5. The molecule has 0 bridgehead atoms. The molecule has 158 valence electrons. The lowest BCUT2D eigenvalue weighted by atomic mass is 10.2. The van der Waals surface area contributed by atoms with E-state index in [9.17, 15) is 12.8 Å². The molecule has 0 unspecified atom stereocenters. The van der Waals surface area contributed by atoms with Gasteiger partial charge >= 0.3 is 0 Å². The molecule has 1 aliphatic heterocycles. The van der Waals surface area contributed by atoms with Crippen LogP contribution in [0, 0.1) is 5.82 Å². The van der Waals surface area contributed by atoms with Gasteiger partial charge in [0.2, 0.25) is 21.7 Å². The number of aromatic nitrogens is 2. The van der Waals surface area contributed by atoms with Crippen LogP contribution < -0.4 is 0 Å². The third-order valence-electron chi connectivity index (χ3n) is 4.78. The minimum atomic E-state index is -3.79. The Bertz CT molecular complexity index is 1130. The molecule has 2 heterocycles. The number of piperazine rings is 1. The first-order valence-corrected chi connectivity index (χ1v) is 11.3. The van der Waals surface area contributed by atoms with E-state index in [2.05, 4.69) is 10.1 Å². The first-order valence-electron chi connectivity index (χ1n) is 9.09. The number of nitrogens with zero attached hydrogens (tertiary/aromatic N) is 4. The van der Waals surface area contributed by atoms with E-state index in [-0.39, 0.29) is 33.8 Å². The standard InChI is InChI=1S/C19H17Cl2FN4O3S/c20-15-2-1-3-16(21)18(15)30(27,28)26-10-8-25(9-11-26)12-17-23-19(24-29-17)13-4-6-14(22)7-5-13/h1-7H,8-12H2. The molecule has 1 fully saturated rings. The van der Waals surface area contributed by atoms with Crippen LogP contribution in [0.2, 0.25) is 10.0 Å². The molecule has 0 aliphatic carbocycles. The van der Waals surface area contributed by atoms with Crippen LogP contribution >= 0.6 is 23.2 Å². The van der Waals surface area contributed by atoms with Crippen LogP contribution in [0.15, 0.2) is 51.9 Å². The van der Waals surface area contributed by atoms with E-state index < -0.39 is 10.0 Å². The Balaban J connectivity index is 1.40. The van der Waals surface area contributed by atoms with Crippen LogP contribution in [0.25, 0.3) is 11.4 Å². The molecule has 3 aromatic rings. The van der Waals surface area contributed by atoms with Crippen LogP contribution in [0.1, 0.15) is 5.89 Å². The van der Waals surface area contributed by atoms with Crippen LogP contribution in [-0.2, 0) is 16.6 Å². The highest BCUT2D eigenvalue weighted by Crippen LogP contribution is 2.32. The van der Waals surface area contributed by atoms with Crippen molar-refractivity contribution in [2.75, 3.05) is 26.2 Å². The molecular weight excluding hydrogens is 454 g/mol. The average molecular weight is 471 g/mol. The number of sulfonamides is 1. The second-order valence-electron chi connectivity index (χ2n) is 6.75. The maximum Gasteiger partial charge on any atom is 0.246 e. The number of benzene rings is 2. The van der Waals surface area contributed by atoms with Gasteiger partial charge < -0.3 is 4.52 Å². The van der Waals surface area contributed by atoms with Gasteiger partial charge in [-0.2, -0.15) is 9.29 Å². The van der Waals surface area contributed by atoms with Crippen molar-refractivity contribution in [3.05, 3.63) is 64.2 Å². The molecule has 1 saturated heterocycles. The van der Waals surface area contributed by atoms with Gasteiger partial charge in [-0.25, -0.2) is 12.8 Å². The summed E-state index contributed by atoms with van der Waals surface area (Å²) in [7, 11) is -3.79. The molecule has 0 atom stereocenters. The van der Waals surface area contributed by atoms with Crippen LogP contribution in [0.4, 0.5) is 4.39 Å². The molecule has 30 heavy (non-hydrogen) atoms. The minimum absolute atomic E-state index is 0.0670. The summed E-state index contributed by atoms with van der Waals surface area (Å²) in [4.78, 5) is 6.28. The zero-order chi connectivity index (χ0) is 21.3. The Kier molecular flexibility index (Phi) is 6.08. The zero-order valence-electron chi connectivity index (χ0n) is 15.6. The molecule has 11 heteroatoms. The van der Waals surface area contributed by atoms with Crippen molar-refractivity contribution < 1.29 is 17.3 Å². The summed E-state index contributed by atoms with van der Waals surface area (Å²) in [5.41, 5.74) is 0.652. The molecule has 0 amide bonds. The van der Waals surface area contributed by atoms with E-state index in [1.807, 2.05) is 4.90 Å². The quantitative estimate of drug-likeness (QED) is 0.565. The SMILES string of the molecule is O=S(=O)(c1c(Cl)cccc1Cl)N1CCN(Cc2nc(-c3ccc(F)cc3)no2)CC1. The van der Waals surface area contributed by atoms with Crippen LogP contribution in [-0.4, -0.2) is 53.9 Å². The largest absolute Gasteiger partial charge is 0.338 e. The van der Waals surface area contributed by atoms with Gasteiger partial charge in [-0.1, -0.05) is 34.4 Å². The van der Waals surface area contributed by atoms with Gasteiger partial charge in [0.25, 0.3) is 0 Å². The van der Waals surface area contributed by atoms with Crippen molar-refractivity contribution >= 4 is 33.2 Å². The lowest BCUT2D eigenvalue weighted by Gasteiger charge is -2.33. The smallest absolute Gasteiger partial charge is 0.246 e. The first-order chi connectivity index (χ1) is 14.3. The number of hydrogen-bond donors (Lipinski definition) is 0. The predicted octanol–water partition coefficient (Wildman–Crippen LogP) is 3.69. The summed E-state index contributed by atoms with van der Waals surface area (Å²) in [5.74, 6) is 0.438. The fourth-order valence-corrected chi connectivity index (χ4v) is 5.73. The highest BCUT2D eigenvalue weighted by molar-refractivity contribution is 7.89. The highest BCUT2D eigenvalue weighted by Gasteiger charge is 2.32. The lowest BCUT2D eigenvalue weighted by Crippen LogP contribution is -2.48. The molecule has 0 spiro atoms. The second-order valence-corrected chi connectivity index (χ2v) is 9.44. The predicted molar refractivity (Wildman–Crippen MR) is 110 cm³/mol. The van der Waals surface area contributed by atoms with Crippen LogP contribution in [0.3, 0.4) is 0 Å².